The van der Waals surface area contributed by atoms with Crippen molar-refractivity contribution >= 4 is 23.4 Å². The summed E-state index contributed by atoms with van der Waals surface area (Å²) in [7, 11) is 0. The molecule has 2 aromatic rings. The fourth-order valence-corrected chi connectivity index (χ4v) is 3.94. The number of aromatic nitrogens is 2. The Labute approximate surface area is 201 Å². The molecule has 2 heterocycles. The van der Waals surface area contributed by atoms with Gasteiger partial charge in [0, 0.05) is 62.5 Å². The molecule has 1 aromatic carbocycles. The van der Waals surface area contributed by atoms with Gasteiger partial charge in [0.05, 0.1) is 11.4 Å². The number of aliphatic imine (C=N–C) groups is 1. The number of nitrogens with one attached hydrogen (secondary N) is 1. The largest absolute Gasteiger partial charge is 0.488 e. The molecule has 2 fully saturated rings. The number of nitrogen functional groups attached to an aromatic ring is 1. The number of hydrogen-bond donors (Lipinski definition) is 2. The van der Waals surface area contributed by atoms with Crippen molar-refractivity contribution in [3.8, 4) is 5.75 Å². The number of hydrogen-bond acceptors (Lipinski definition) is 8. The van der Waals surface area contributed by atoms with Gasteiger partial charge in [0.25, 0.3) is 0 Å². The van der Waals surface area contributed by atoms with Crippen LogP contribution in [0, 0.1) is 5.41 Å². The van der Waals surface area contributed by atoms with Gasteiger partial charge in [-0.15, -0.1) is 0 Å². The highest BCUT2D eigenvalue weighted by Crippen LogP contribution is 2.40. The number of piperazine rings is 1. The molecule has 0 unspecified atom stereocenters. The Hall–Kier alpha value is -3.52. The van der Waals surface area contributed by atoms with Gasteiger partial charge in [-0.2, -0.15) is 0 Å². The SMILES string of the molecule is C=C/N=C\C=C(/C)CN1CCN(c2cc(C(=N)c3cc(OC4(C)CC4)ccc3N)ncn2)CC1. The molecule has 0 bridgehead atoms. The Morgan fingerprint density at radius 1 is 1.24 bits per heavy atom. The van der Waals surface area contributed by atoms with Crippen molar-refractivity contribution in [1.82, 2.24) is 14.9 Å². The van der Waals surface area contributed by atoms with Gasteiger partial charge in [-0.3, -0.25) is 15.3 Å². The molecular formula is C26H33N7O. The summed E-state index contributed by atoms with van der Waals surface area (Å²) in [5.41, 5.74) is 9.36. The molecule has 0 radical (unpaired) electrons. The molecule has 4 rings (SSSR count). The van der Waals surface area contributed by atoms with Crippen molar-refractivity contribution < 1.29 is 4.74 Å². The highest BCUT2D eigenvalue weighted by atomic mass is 16.5. The number of benzene rings is 1. The fraction of sp³-hybridized carbons (Fsp3) is 0.385. The number of nitrogens with two attached hydrogens (primary N) is 1. The van der Waals surface area contributed by atoms with E-state index in [9.17, 15) is 0 Å². The van der Waals surface area contributed by atoms with Gasteiger partial charge in [-0.1, -0.05) is 12.2 Å². The molecular weight excluding hydrogens is 426 g/mol. The van der Waals surface area contributed by atoms with E-state index < -0.39 is 0 Å². The second-order valence-corrected chi connectivity index (χ2v) is 9.19. The minimum absolute atomic E-state index is 0.0900. The second-order valence-electron chi connectivity index (χ2n) is 9.19. The first-order valence-electron chi connectivity index (χ1n) is 11.6. The zero-order valence-corrected chi connectivity index (χ0v) is 20.0. The van der Waals surface area contributed by atoms with E-state index >= 15 is 0 Å². The minimum atomic E-state index is -0.0900. The lowest BCUT2D eigenvalue weighted by atomic mass is 10.0. The Morgan fingerprint density at radius 3 is 2.71 bits per heavy atom. The molecule has 1 aliphatic carbocycles. The lowest BCUT2D eigenvalue weighted by molar-refractivity contribution is 0.200. The molecule has 8 nitrogen and oxygen atoms in total. The van der Waals surface area contributed by atoms with E-state index in [0.29, 0.717) is 16.9 Å². The van der Waals surface area contributed by atoms with E-state index in [0.717, 1.165) is 57.1 Å². The maximum Gasteiger partial charge on any atom is 0.132 e. The third-order valence-corrected chi connectivity index (χ3v) is 6.24. The lowest BCUT2D eigenvalue weighted by Gasteiger charge is -2.35. The lowest BCUT2D eigenvalue weighted by Crippen LogP contribution is -2.47. The van der Waals surface area contributed by atoms with Crippen LogP contribution in [0.5, 0.6) is 5.75 Å². The molecule has 0 amide bonds. The van der Waals surface area contributed by atoms with Crippen molar-refractivity contribution in [2.24, 2.45) is 4.99 Å². The molecule has 1 saturated carbocycles. The highest BCUT2D eigenvalue weighted by Gasteiger charge is 2.40. The van der Waals surface area contributed by atoms with Gasteiger partial charge in [-0.05, 0) is 51.0 Å². The summed E-state index contributed by atoms with van der Waals surface area (Å²) in [4.78, 5) is 17.5. The van der Waals surface area contributed by atoms with Crippen LogP contribution < -0.4 is 15.4 Å². The quantitative estimate of drug-likeness (QED) is 0.438. The third kappa shape index (κ3) is 5.88. The minimum Gasteiger partial charge on any atom is -0.488 e. The van der Waals surface area contributed by atoms with Gasteiger partial charge in [0.2, 0.25) is 0 Å². The molecule has 0 spiro atoms. The van der Waals surface area contributed by atoms with Crippen molar-refractivity contribution in [2.45, 2.75) is 32.3 Å². The first-order valence-corrected chi connectivity index (χ1v) is 11.6. The number of anilines is 2. The van der Waals surface area contributed by atoms with Crippen molar-refractivity contribution in [3.05, 3.63) is 66.3 Å². The van der Waals surface area contributed by atoms with Gasteiger partial charge >= 0.3 is 0 Å². The highest BCUT2D eigenvalue weighted by molar-refractivity contribution is 6.13. The predicted octanol–water partition coefficient (Wildman–Crippen LogP) is 3.69. The van der Waals surface area contributed by atoms with Gasteiger partial charge in [0.15, 0.2) is 0 Å². The normalized spacial score (nSPS) is 18.2. The first-order chi connectivity index (χ1) is 16.4. The Balaban J connectivity index is 1.41. The summed E-state index contributed by atoms with van der Waals surface area (Å²) in [6.45, 7) is 12.3. The van der Waals surface area contributed by atoms with E-state index in [4.69, 9.17) is 15.9 Å². The summed E-state index contributed by atoms with van der Waals surface area (Å²) in [5.74, 6) is 1.57. The van der Waals surface area contributed by atoms with Gasteiger partial charge < -0.3 is 15.4 Å². The third-order valence-electron chi connectivity index (χ3n) is 6.24. The Morgan fingerprint density at radius 2 is 2.00 bits per heavy atom. The fourth-order valence-electron chi connectivity index (χ4n) is 3.94. The second kappa shape index (κ2) is 10.2. The molecule has 34 heavy (non-hydrogen) atoms. The average Bonchev–Trinajstić information content (AvgIpc) is 3.57. The van der Waals surface area contributed by atoms with Crippen LogP contribution in [-0.4, -0.2) is 65.1 Å². The molecule has 8 heteroatoms. The van der Waals surface area contributed by atoms with E-state index in [1.165, 1.54) is 18.1 Å². The van der Waals surface area contributed by atoms with E-state index in [2.05, 4.69) is 45.2 Å². The molecule has 3 N–H and O–H groups in total. The Kier molecular flexibility index (Phi) is 7.07. The van der Waals surface area contributed by atoms with Gasteiger partial charge in [-0.25, -0.2) is 9.97 Å². The number of rotatable bonds is 9. The van der Waals surface area contributed by atoms with Crippen LogP contribution in [0.3, 0.4) is 0 Å². The van der Waals surface area contributed by atoms with Crippen molar-refractivity contribution in [3.63, 3.8) is 0 Å². The molecule has 1 saturated heterocycles. The van der Waals surface area contributed by atoms with E-state index in [1.54, 1.807) is 12.3 Å². The number of allylic oxidation sites excluding steroid dienone is 1. The maximum absolute atomic E-state index is 8.77. The maximum atomic E-state index is 8.77. The van der Waals surface area contributed by atoms with E-state index in [-0.39, 0.29) is 11.3 Å². The topological polar surface area (TPSA) is 104 Å². The molecule has 1 aromatic heterocycles. The Bertz CT molecular complexity index is 1110. The first kappa shape index (κ1) is 23.6. The van der Waals surface area contributed by atoms with Crippen LogP contribution in [-0.2, 0) is 0 Å². The predicted molar refractivity (Wildman–Crippen MR) is 138 cm³/mol. The summed E-state index contributed by atoms with van der Waals surface area (Å²) in [5, 5.41) is 8.77. The van der Waals surface area contributed by atoms with Crippen LogP contribution in [0.2, 0.25) is 0 Å². The summed E-state index contributed by atoms with van der Waals surface area (Å²) >= 11 is 0. The van der Waals surface area contributed by atoms with Crippen LogP contribution in [0.1, 0.15) is 37.9 Å². The van der Waals surface area contributed by atoms with E-state index in [1.807, 2.05) is 24.3 Å². The molecule has 2 aliphatic rings. The number of ether oxygens (including phenoxy) is 1. The van der Waals surface area contributed by atoms with Crippen molar-refractivity contribution in [2.75, 3.05) is 43.4 Å². The van der Waals surface area contributed by atoms with Crippen molar-refractivity contribution in [1.29, 1.82) is 5.41 Å². The molecule has 178 valence electrons. The summed E-state index contributed by atoms with van der Waals surface area (Å²) < 4.78 is 6.06. The van der Waals surface area contributed by atoms with Crippen LogP contribution in [0.25, 0.3) is 0 Å². The standard InChI is InChI=1S/C26H33N7O/c1-4-29-10-7-19(2)17-32-11-13-33(14-12-32)24-16-23(30-18-31-24)25(28)21-15-20(5-6-22(21)27)34-26(3)8-9-26/h4-7,10,15-16,18,28H,1,8-9,11-14,17,27H2,2-3H3/b19-7+,28-25?,29-10-. The van der Waals surface area contributed by atoms with Crippen LogP contribution in [0.15, 0.2) is 60.0 Å². The molecule has 1 aliphatic heterocycles. The zero-order chi connectivity index (χ0) is 24.1. The summed E-state index contributed by atoms with van der Waals surface area (Å²) in [6.07, 6.45) is 8.95. The van der Waals surface area contributed by atoms with Crippen LogP contribution >= 0.6 is 0 Å². The zero-order valence-electron chi connectivity index (χ0n) is 20.0. The smallest absolute Gasteiger partial charge is 0.132 e. The molecule has 0 atom stereocenters. The average molecular weight is 460 g/mol. The number of nitrogens with zero attached hydrogens (tertiary/aromatic N) is 5. The van der Waals surface area contributed by atoms with Crippen LogP contribution in [0.4, 0.5) is 11.5 Å². The van der Waals surface area contributed by atoms with Gasteiger partial charge in [0.1, 0.15) is 23.5 Å². The summed E-state index contributed by atoms with van der Waals surface area (Å²) in [6, 6.07) is 7.39. The monoisotopic (exact) mass is 459 g/mol.